The van der Waals surface area contributed by atoms with Crippen molar-refractivity contribution in [2.75, 3.05) is 32.5 Å². The van der Waals surface area contributed by atoms with E-state index in [2.05, 4.69) is 9.97 Å². The van der Waals surface area contributed by atoms with Crippen molar-refractivity contribution in [3.05, 3.63) is 17.0 Å². The van der Waals surface area contributed by atoms with Gasteiger partial charge in [-0.1, -0.05) is 18.7 Å². The van der Waals surface area contributed by atoms with Gasteiger partial charge in [-0.3, -0.25) is 9.69 Å². The zero-order valence-electron chi connectivity index (χ0n) is 15.7. The summed E-state index contributed by atoms with van der Waals surface area (Å²) < 4.78 is 42.2. The molecule has 0 radical (unpaired) electrons. The first-order chi connectivity index (χ1) is 12.2. The number of rotatable bonds is 10. The minimum Gasteiger partial charge on any atom is -0.466 e. The zero-order valence-corrected chi connectivity index (χ0v) is 16.5. The fourth-order valence-electron chi connectivity index (χ4n) is 2.54. The van der Waals surface area contributed by atoms with Gasteiger partial charge in [0.05, 0.1) is 13.2 Å². The second kappa shape index (κ2) is 10.7. The van der Waals surface area contributed by atoms with E-state index in [1.807, 2.05) is 20.1 Å². The van der Waals surface area contributed by atoms with Gasteiger partial charge in [0.1, 0.15) is 0 Å². The molecule has 0 unspecified atom stereocenters. The van der Waals surface area contributed by atoms with Gasteiger partial charge in [-0.05, 0) is 45.1 Å². The van der Waals surface area contributed by atoms with E-state index < -0.39 is 12.7 Å². The first-order valence-electron chi connectivity index (χ1n) is 8.49. The Balaban J connectivity index is 2.35. The minimum absolute atomic E-state index is 0.118. The number of carbonyl (C=O) groups is 1. The van der Waals surface area contributed by atoms with Crippen LogP contribution in [0.3, 0.4) is 0 Å². The number of thioether (sulfide) groups is 1. The van der Waals surface area contributed by atoms with Crippen molar-refractivity contribution >= 4 is 17.7 Å². The maximum atomic E-state index is 12.4. The van der Waals surface area contributed by atoms with Crippen LogP contribution in [0.2, 0.25) is 0 Å². The molecule has 9 heteroatoms. The van der Waals surface area contributed by atoms with E-state index in [4.69, 9.17) is 4.74 Å². The third kappa shape index (κ3) is 8.35. The van der Waals surface area contributed by atoms with Crippen LogP contribution in [-0.4, -0.2) is 59.5 Å². The smallest absolute Gasteiger partial charge is 0.401 e. The predicted octanol–water partition coefficient (Wildman–Crippen LogP) is 3.57. The van der Waals surface area contributed by atoms with E-state index in [1.165, 1.54) is 16.7 Å². The first-order valence-corrected chi connectivity index (χ1v) is 9.71. The Hall–Kier alpha value is -1.35. The summed E-state index contributed by atoms with van der Waals surface area (Å²) in [7, 11) is 0. The summed E-state index contributed by atoms with van der Waals surface area (Å²) in [6.45, 7) is 5.16. The van der Waals surface area contributed by atoms with Gasteiger partial charge in [-0.25, -0.2) is 9.97 Å². The Kier molecular flexibility index (Phi) is 9.35. The van der Waals surface area contributed by atoms with Crippen LogP contribution in [0.25, 0.3) is 0 Å². The van der Waals surface area contributed by atoms with Crippen molar-refractivity contribution < 1.29 is 22.7 Å². The molecule has 0 atom stereocenters. The lowest BCUT2D eigenvalue weighted by atomic mass is 10.1. The van der Waals surface area contributed by atoms with E-state index in [1.54, 1.807) is 6.92 Å². The van der Waals surface area contributed by atoms with Gasteiger partial charge in [0.2, 0.25) is 0 Å². The standard InChI is InChI=1S/C17H26F3N3O2S/c1-5-23(11-17(18,19)20)9-6-10-25-15(24)8-7-14-12(2)21-16(26-4)22-13(14)3/h5-11H2,1-4H3. The van der Waals surface area contributed by atoms with Crippen LogP contribution >= 0.6 is 11.8 Å². The Morgan fingerprint density at radius 3 is 2.35 bits per heavy atom. The maximum absolute atomic E-state index is 12.4. The summed E-state index contributed by atoms with van der Waals surface area (Å²) in [5.74, 6) is -0.364. The second-order valence-corrected chi connectivity index (χ2v) is 6.69. The fourth-order valence-corrected chi connectivity index (χ4v) is 2.99. The van der Waals surface area contributed by atoms with Crippen LogP contribution < -0.4 is 0 Å². The average molecular weight is 393 g/mol. The molecule has 0 saturated carbocycles. The number of ether oxygens (including phenoxy) is 1. The average Bonchev–Trinajstić information content (AvgIpc) is 2.55. The SMILES string of the molecule is CCN(CCCOC(=O)CCc1c(C)nc(SC)nc1C)CC(F)(F)F. The number of esters is 1. The number of alkyl halides is 3. The normalized spacial score (nSPS) is 11.8. The number of nitrogens with zero attached hydrogens (tertiary/aromatic N) is 3. The van der Waals surface area contributed by atoms with Crippen molar-refractivity contribution in [2.45, 2.75) is 51.4 Å². The Morgan fingerprint density at radius 2 is 1.85 bits per heavy atom. The molecule has 0 fully saturated rings. The summed E-state index contributed by atoms with van der Waals surface area (Å²) in [6.07, 6.45) is -1.25. The van der Waals surface area contributed by atoms with E-state index in [-0.39, 0.29) is 25.5 Å². The second-order valence-electron chi connectivity index (χ2n) is 5.92. The van der Waals surface area contributed by atoms with Crippen LogP contribution in [0.5, 0.6) is 0 Å². The topological polar surface area (TPSA) is 55.3 Å². The molecule has 0 saturated heterocycles. The molecule has 0 bridgehead atoms. The monoisotopic (exact) mass is 393 g/mol. The lowest BCUT2D eigenvalue weighted by molar-refractivity contribution is -0.148. The molecule has 1 rings (SSSR count). The molecule has 1 aromatic heterocycles. The number of halogens is 3. The van der Waals surface area contributed by atoms with Crippen LogP contribution in [0.15, 0.2) is 5.16 Å². The van der Waals surface area contributed by atoms with E-state index in [0.717, 1.165) is 17.0 Å². The summed E-state index contributed by atoms with van der Waals surface area (Å²) in [4.78, 5) is 21.9. The molecule has 0 spiro atoms. The van der Waals surface area contributed by atoms with Crippen LogP contribution in [0.1, 0.15) is 36.7 Å². The highest BCUT2D eigenvalue weighted by Gasteiger charge is 2.29. The summed E-state index contributed by atoms with van der Waals surface area (Å²) in [5, 5.41) is 0.700. The van der Waals surface area contributed by atoms with E-state index >= 15 is 0 Å². The van der Waals surface area contributed by atoms with E-state index in [0.29, 0.717) is 24.5 Å². The molecule has 0 aliphatic heterocycles. The molecule has 0 N–H and O–H groups in total. The molecule has 0 aliphatic carbocycles. The van der Waals surface area contributed by atoms with Crippen LogP contribution in [0, 0.1) is 13.8 Å². The highest BCUT2D eigenvalue weighted by atomic mass is 32.2. The van der Waals surface area contributed by atoms with E-state index in [9.17, 15) is 18.0 Å². The highest BCUT2D eigenvalue weighted by Crippen LogP contribution is 2.18. The molecular formula is C17H26F3N3O2S. The third-order valence-corrected chi connectivity index (χ3v) is 4.44. The molecule has 0 aliphatic rings. The number of carbonyl (C=O) groups excluding carboxylic acids is 1. The van der Waals surface area contributed by atoms with Gasteiger partial charge >= 0.3 is 12.1 Å². The van der Waals surface area contributed by atoms with Gasteiger partial charge in [0.15, 0.2) is 5.16 Å². The van der Waals surface area contributed by atoms with Crippen molar-refractivity contribution in [2.24, 2.45) is 0 Å². The van der Waals surface area contributed by atoms with Crippen LogP contribution in [0.4, 0.5) is 13.2 Å². The number of aryl methyl sites for hydroxylation is 2. The summed E-state index contributed by atoms with van der Waals surface area (Å²) >= 11 is 1.46. The molecule has 5 nitrogen and oxygen atoms in total. The fraction of sp³-hybridized carbons (Fsp3) is 0.706. The Labute approximate surface area is 156 Å². The third-order valence-electron chi connectivity index (χ3n) is 3.89. The van der Waals surface area contributed by atoms with Crippen molar-refractivity contribution in [3.8, 4) is 0 Å². The Bertz CT molecular complexity index is 574. The molecular weight excluding hydrogens is 367 g/mol. The number of hydrogen-bond donors (Lipinski definition) is 0. The highest BCUT2D eigenvalue weighted by molar-refractivity contribution is 7.98. The molecule has 1 heterocycles. The maximum Gasteiger partial charge on any atom is 0.401 e. The van der Waals surface area contributed by atoms with Gasteiger partial charge in [-0.15, -0.1) is 0 Å². The van der Waals surface area contributed by atoms with Gasteiger partial charge < -0.3 is 4.74 Å². The zero-order chi connectivity index (χ0) is 19.7. The van der Waals surface area contributed by atoms with Crippen molar-refractivity contribution in [3.63, 3.8) is 0 Å². The predicted molar refractivity (Wildman–Crippen MR) is 95.4 cm³/mol. The molecule has 148 valence electrons. The quantitative estimate of drug-likeness (QED) is 0.262. The minimum atomic E-state index is -4.21. The lowest BCUT2D eigenvalue weighted by Gasteiger charge is -2.21. The van der Waals surface area contributed by atoms with Crippen LogP contribution in [-0.2, 0) is 16.0 Å². The molecule has 26 heavy (non-hydrogen) atoms. The number of hydrogen-bond acceptors (Lipinski definition) is 6. The summed E-state index contributed by atoms with van der Waals surface area (Å²) in [5.41, 5.74) is 2.63. The number of aromatic nitrogens is 2. The van der Waals surface area contributed by atoms with Crippen molar-refractivity contribution in [1.82, 2.24) is 14.9 Å². The molecule has 0 amide bonds. The van der Waals surface area contributed by atoms with Gasteiger partial charge in [0, 0.05) is 24.4 Å². The lowest BCUT2D eigenvalue weighted by Crippen LogP contribution is -2.35. The van der Waals surface area contributed by atoms with Gasteiger partial charge in [0.25, 0.3) is 0 Å². The first kappa shape index (κ1) is 22.7. The largest absolute Gasteiger partial charge is 0.466 e. The van der Waals surface area contributed by atoms with Crippen molar-refractivity contribution in [1.29, 1.82) is 0 Å². The van der Waals surface area contributed by atoms with Gasteiger partial charge in [-0.2, -0.15) is 13.2 Å². The molecule has 0 aromatic carbocycles. The summed E-state index contributed by atoms with van der Waals surface area (Å²) in [6, 6.07) is 0. The molecule has 1 aromatic rings. The Morgan fingerprint density at radius 1 is 1.23 bits per heavy atom.